The summed E-state index contributed by atoms with van der Waals surface area (Å²) in [5.74, 6) is 0. The van der Waals surface area contributed by atoms with Crippen molar-refractivity contribution in [2.45, 2.75) is 5.03 Å². The van der Waals surface area contributed by atoms with E-state index >= 15 is 0 Å². The highest BCUT2D eigenvalue weighted by Gasteiger charge is 2.20. The van der Waals surface area contributed by atoms with Gasteiger partial charge in [0.05, 0.1) is 0 Å². The van der Waals surface area contributed by atoms with Crippen molar-refractivity contribution in [3.63, 3.8) is 0 Å². The maximum absolute atomic E-state index is 11.0. The fraction of sp³-hybridized carbons (Fsp3) is 0. The zero-order chi connectivity index (χ0) is 9.90. The quantitative estimate of drug-likeness (QED) is 0.729. The molecule has 1 amide bonds. The van der Waals surface area contributed by atoms with E-state index in [4.69, 9.17) is 5.11 Å². The Morgan fingerprint density at radius 1 is 1.46 bits per heavy atom. The monoisotopic (exact) mass is 201 g/mol. The molecule has 0 aliphatic heterocycles. The largest absolute Gasteiger partial charge is 0.463 e. The molecule has 0 unspecified atom stereocenters. The number of carbonyl (C=O) groups is 1. The van der Waals surface area contributed by atoms with Crippen LogP contribution in [0, 0.1) is 0 Å². The van der Waals surface area contributed by atoms with Crippen LogP contribution in [0.4, 0.5) is 4.79 Å². The van der Waals surface area contributed by atoms with Gasteiger partial charge in [-0.25, -0.2) is 9.78 Å². The van der Waals surface area contributed by atoms with Gasteiger partial charge in [-0.15, -0.1) is 0 Å². The summed E-state index contributed by atoms with van der Waals surface area (Å²) in [5, 5.41) is 7.76. The molecule has 1 rings (SSSR count). The first-order valence-corrected chi connectivity index (χ1v) is 4.58. The summed E-state index contributed by atoms with van der Waals surface area (Å²) in [5.41, 5.74) is 0. The van der Waals surface area contributed by atoms with Gasteiger partial charge in [0.2, 0.25) is 0 Å². The summed E-state index contributed by atoms with van der Waals surface area (Å²) in [6.45, 7) is 0. The maximum atomic E-state index is 11.0. The third-order valence-electron chi connectivity index (χ3n) is 1.10. The van der Waals surface area contributed by atoms with Crippen LogP contribution < -0.4 is 4.72 Å². The van der Waals surface area contributed by atoms with Crippen LogP contribution in [-0.4, -0.2) is 24.6 Å². The summed E-state index contributed by atoms with van der Waals surface area (Å²) >= 11 is 0. The third kappa shape index (κ3) is 2.41. The molecular weight excluding hydrogens is 196 g/mol. The molecule has 1 N–H and O–H groups in total. The van der Waals surface area contributed by atoms with Crippen LogP contribution in [0.5, 0.6) is 0 Å². The predicted molar refractivity (Wildman–Crippen MR) is 41.6 cm³/mol. The molecule has 0 spiro atoms. The number of rotatable bonds is 2. The van der Waals surface area contributed by atoms with Crippen LogP contribution >= 0.6 is 0 Å². The lowest BCUT2D eigenvalue weighted by atomic mass is 10.5. The summed E-state index contributed by atoms with van der Waals surface area (Å²) in [6.07, 6.45) is -0.518. The number of pyridine rings is 1. The third-order valence-corrected chi connectivity index (χ3v) is 2.27. The van der Waals surface area contributed by atoms with Gasteiger partial charge in [-0.2, -0.15) is 8.42 Å². The summed E-state index contributed by atoms with van der Waals surface area (Å²) in [4.78, 5) is 13.5. The van der Waals surface area contributed by atoms with Crippen molar-refractivity contribution >= 4 is 16.1 Å². The smallest absolute Gasteiger partial charge is 0.442 e. The molecule has 0 bridgehead atoms. The van der Waals surface area contributed by atoms with Gasteiger partial charge in [0.25, 0.3) is 0 Å². The Morgan fingerprint density at radius 2 is 2.15 bits per heavy atom. The second-order valence-electron chi connectivity index (χ2n) is 2.02. The highest BCUT2D eigenvalue weighted by atomic mass is 32.2. The molecule has 0 saturated heterocycles. The molecular formula is C6H5N2O4S. The van der Waals surface area contributed by atoms with Crippen LogP contribution in [0.3, 0.4) is 0 Å². The van der Waals surface area contributed by atoms with Crippen molar-refractivity contribution < 1.29 is 18.3 Å². The van der Waals surface area contributed by atoms with Gasteiger partial charge >= 0.3 is 16.1 Å². The van der Waals surface area contributed by atoms with Crippen LogP contribution in [0.2, 0.25) is 0 Å². The van der Waals surface area contributed by atoms with Crippen molar-refractivity contribution in [1.82, 2.24) is 9.71 Å². The SMILES string of the molecule is O=C(O)[N]S(=O)(=O)c1ccccn1. The fourth-order valence-corrected chi connectivity index (χ4v) is 1.39. The minimum Gasteiger partial charge on any atom is -0.463 e. The van der Waals surface area contributed by atoms with Crippen LogP contribution in [-0.2, 0) is 10.0 Å². The second kappa shape index (κ2) is 3.40. The molecule has 1 aromatic heterocycles. The van der Waals surface area contributed by atoms with Gasteiger partial charge in [0.15, 0.2) is 5.03 Å². The van der Waals surface area contributed by atoms with Gasteiger partial charge in [-0.05, 0) is 12.1 Å². The Kier molecular flexibility index (Phi) is 2.47. The topological polar surface area (TPSA) is 98.4 Å². The number of hydrogen-bond acceptors (Lipinski definition) is 4. The van der Waals surface area contributed by atoms with E-state index < -0.39 is 16.1 Å². The Morgan fingerprint density at radius 3 is 2.62 bits per heavy atom. The Bertz CT molecular complexity index is 400. The van der Waals surface area contributed by atoms with Crippen LogP contribution in [0.15, 0.2) is 29.4 Å². The van der Waals surface area contributed by atoms with Crippen molar-refractivity contribution in [2.75, 3.05) is 0 Å². The molecule has 13 heavy (non-hydrogen) atoms. The number of aromatic nitrogens is 1. The van der Waals surface area contributed by atoms with E-state index in [0.29, 0.717) is 0 Å². The molecule has 1 heterocycles. The first-order valence-electron chi connectivity index (χ1n) is 3.14. The molecule has 69 valence electrons. The molecule has 0 saturated carbocycles. The van der Waals surface area contributed by atoms with Gasteiger partial charge in [-0.3, -0.25) is 0 Å². The van der Waals surface area contributed by atoms with Gasteiger partial charge in [0, 0.05) is 6.20 Å². The molecule has 0 aliphatic rings. The first kappa shape index (κ1) is 9.46. The number of carboxylic acid groups (broad SMARTS) is 1. The molecule has 0 aromatic carbocycles. The number of nitrogens with zero attached hydrogens (tertiary/aromatic N) is 2. The average molecular weight is 201 g/mol. The van der Waals surface area contributed by atoms with Gasteiger partial charge < -0.3 is 5.11 Å². The molecule has 0 atom stereocenters. The molecule has 6 nitrogen and oxygen atoms in total. The summed E-state index contributed by atoms with van der Waals surface area (Å²) in [7, 11) is -4.15. The fourth-order valence-electron chi connectivity index (χ4n) is 0.649. The van der Waals surface area contributed by atoms with Gasteiger partial charge in [-0.1, -0.05) is 10.8 Å². The van der Waals surface area contributed by atoms with E-state index in [1.165, 1.54) is 24.4 Å². The Hall–Kier alpha value is -1.63. The first-order chi connectivity index (χ1) is 6.02. The number of amides is 1. The standard InChI is InChI=1S/C6H5N2O4S/c9-6(10)8-13(11,12)5-3-1-2-4-7-5/h1-4H,(H,9,10). The van der Waals surface area contributed by atoms with Crippen molar-refractivity contribution in [1.29, 1.82) is 0 Å². The summed E-state index contributed by atoms with van der Waals surface area (Å²) < 4.78 is 24.6. The molecule has 1 aromatic rings. The Balaban J connectivity index is 3.02. The molecule has 0 aliphatic carbocycles. The molecule has 7 heteroatoms. The molecule has 0 fully saturated rings. The zero-order valence-electron chi connectivity index (χ0n) is 6.28. The van der Waals surface area contributed by atoms with E-state index in [9.17, 15) is 13.2 Å². The van der Waals surface area contributed by atoms with E-state index in [2.05, 4.69) is 9.71 Å². The lowest BCUT2D eigenvalue weighted by Gasteiger charge is -1.97. The minimum absolute atomic E-state index is 0.377. The Labute approximate surface area is 74.3 Å². The predicted octanol–water partition coefficient (Wildman–Crippen LogP) is 0.0527. The number of sulfonamides is 1. The normalized spacial score (nSPS) is 10.8. The van der Waals surface area contributed by atoms with Crippen LogP contribution in [0.1, 0.15) is 0 Å². The number of hydrogen-bond donors (Lipinski definition) is 1. The van der Waals surface area contributed by atoms with E-state index in [1.807, 2.05) is 0 Å². The lowest BCUT2D eigenvalue weighted by Crippen LogP contribution is -2.22. The highest BCUT2D eigenvalue weighted by Crippen LogP contribution is 2.03. The van der Waals surface area contributed by atoms with Gasteiger partial charge in [0.1, 0.15) is 0 Å². The van der Waals surface area contributed by atoms with E-state index in [1.54, 1.807) is 0 Å². The minimum atomic E-state index is -4.15. The second-order valence-corrected chi connectivity index (χ2v) is 3.57. The van der Waals surface area contributed by atoms with Crippen LogP contribution in [0.25, 0.3) is 0 Å². The zero-order valence-corrected chi connectivity index (χ0v) is 7.10. The van der Waals surface area contributed by atoms with Crippen molar-refractivity contribution in [2.24, 2.45) is 0 Å². The van der Waals surface area contributed by atoms with E-state index in [-0.39, 0.29) is 5.03 Å². The van der Waals surface area contributed by atoms with Crippen molar-refractivity contribution in [3.8, 4) is 0 Å². The van der Waals surface area contributed by atoms with E-state index in [0.717, 1.165) is 0 Å². The lowest BCUT2D eigenvalue weighted by molar-refractivity contribution is 0.200. The summed E-state index contributed by atoms with van der Waals surface area (Å²) in [6, 6.07) is 4.11. The average Bonchev–Trinajstić information content (AvgIpc) is 2.04. The van der Waals surface area contributed by atoms with Crippen molar-refractivity contribution in [3.05, 3.63) is 24.4 Å². The highest BCUT2D eigenvalue weighted by molar-refractivity contribution is 7.89. The maximum Gasteiger partial charge on any atom is 0.442 e. The molecule has 1 radical (unpaired) electrons.